The van der Waals surface area contributed by atoms with Crippen molar-refractivity contribution >= 4 is 23.4 Å². The lowest BCUT2D eigenvalue weighted by molar-refractivity contribution is -0.122. The number of amides is 2. The lowest BCUT2D eigenvalue weighted by atomic mass is 10.1. The molecule has 0 aromatic heterocycles. The summed E-state index contributed by atoms with van der Waals surface area (Å²) in [5, 5.41) is 5.98. The van der Waals surface area contributed by atoms with Gasteiger partial charge in [0.05, 0.1) is 7.11 Å². The van der Waals surface area contributed by atoms with E-state index in [4.69, 9.17) is 21.1 Å². The Morgan fingerprint density at radius 1 is 1.04 bits per heavy atom. The molecule has 0 spiro atoms. The molecule has 2 aromatic rings. The van der Waals surface area contributed by atoms with Crippen LogP contribution in [0.4, 0.5) is 0 Å². The molecule has 138 valence electrons. The van der Waals surface area contributed by atoms with E-state index in [1.54, 1.807) is 24.3 Å². The number of methoxy groups -OCH3 is 1. The van der Waals surface area contributed by atoms with E-state index in [1.807, 2.05) is 18.2 Å². The smallest absolute Gasteiger partial charge is 0.218 e. The van der Waals surface area contributed by atoms with Crippen molar-refractivity contribution in [2.75, 3.05) is 7.11 Å². The number of halogens is 1. The number of hydrogen-bond acceptors (Lipinski definition) is 4. The highest BCUT2D eigenvalue weighted by atomic mass is 35.5. The Morgan fingerprint density at radius 3 is 2.27 bits per heavy atom. The zero-order valence-electron chi connectivity index (χ0n) is 14.8. The van der Waals surface area contributed by atoms with Crippen LogP contribution in [0, 0.1) is 0 Å². The Morgan fingerprint density at radius 2 is 1.69 bits per heavy atom. The number of ether oxygens (including phenoxy) is 2. The maximum Gasteiger partial charge on any atom is 0.218 e. The van der Waals surface area contributed by atoms with Gasteiger partial charge < -0.3 is 20.1 Å². The molecule has 2 N–H and O–H groups in total. The van der Waals surface area contributed by atoms with Crippen LogP contribution in [0.5, 0.6) is 11.5 Å². The summed E-state index contributed by atoms with van der Waals surface area (Å²) in [6.45, 7) is 3.05. The summed E-state index contributed by atoms with van der Waals surface area (Å²) in [5.41, 5.74) is 1.52. The van der Waals surface area contributed by atoms with Crippen LogP contribution in [0.15, 0.2) is 42.5 Å². The van der Waals surface area contributed by atoms with Crippen LogP contribution in [-0.2, 0) is 16.2 Å². The normalized spacial score (nSPS) is 10.3. The van der Waals surface area contributed by atoms with Crippen molar-refractivity contribution in [2.24, 2.45) is 0 Å². The largest absolute Gasteiger partial charge is 0.493 e. The molecule has 0 aliphatic carbocycles. The summed E-state index contributed by atoms with van der Waals surface area (Å²) in [4.78, 5) is 22.8. The van der Waals surface area contributed by atoms with E-state index in [2.05, 4.69) is 10.6 Å². The molecule has 0 heterocycles. The summed E-state index contributed by atoms with van der Waals surface area (Å²) < 4.78 is 11.2. The molecular formula is C19H21ClN2O4. The zero-order valence-corrected chi connectivity index (χ0v) is 15.6. The highest BCUT2D eigenvalue weighted by Gasteiger charge is 2.16. The van der Waals surface area contributed by atoms with Crippen LogP contribution in [0.25, 0.3) is 0 Å². The van der Waals surface area contributed by atoms with Crippen LogP contribution in [-0.4, -0.2) is 18.9 Å². The van der Waals surface area contributed by atoms with Crippen molar-refractivity contribution in [1.29, 1.82) is 0 Å². The van der Waals surface area contributed by atoms with Gasteiger partial charge >= 0.3 is 0 Å². The van der Waals surface area contributed by atoms with Crippen molar-refractivity contribution in [1.82, 2.24) is 10.6 Å². The quantitative estimate of drug-likeness (QED) is 0.727. The van der Waals surface area contributed by atoms with Gasteiger partial charge in [0.1, 0.15) is 12.8 Å². The maximum absolute atomic E-state index is 11.4. The second kappa shape index (κ2) is 9.10. The minimum atomic E-state index is -0.656. The Hall–Kier alpha value is -2.73. The van der Waals surface area contributed by atoms with Gasteiger partial charge in [0.15, 0.2) is 11.5 Å². The molecule has 0 bridgehead atoms. The number of rotatable bonds is 7. The van der Waals surface area contributed by atoms with Crippen LogP contribution in [0.3, 0.4) is 0 Å². The fraction of sp³-hybridized carbons (Fsp3) is 0.263. The van der Waals surface area contributed by atoms with Gasteiger partial charge in [0.2, 0.25) is 11.8 Å². The minimum absolute atomic E-state index is 0.262. The molecule has 6 nitrogen and oxygen atoms in total. The number of nitrogens with one attached hydrogen (secondary N) is 2. The van der Waals surface area contributed by atoms with Crippen molar-refractivity contribution in [2.45, 2.75) is 26.6 Å². The Kier molecular flexibility index (Phi) is 6.86. The van der Waals surface area contributed by atoms with E-state index in [9.17, 15) is 9.59 Å². The SMILES string of the molecule is COc1cc(C(NC(C)=O)NC(C)=O)ccc1OCc1ccccc1Cl. The zero-order chi connectivity index (χ0) is 19.1. The third-order valence-electron chi connectivity index (χ3n) is 3.56. The van der Waals surface area contributed by atoms with Gasteiger partial charge in [-0.3, -0.25) is 9.59 Å². The molecule has 0 saturated heterocycles. The second-order valence-corrected chi connectivity index (χ2v) is 6.03. The Bertz CT molecular complexity index is 779. The van der Waals surface area contributed by atoms with Gasteiger partial charge in [-0.2, -0.15) is 0 Å². The van der Waals surface area contributed by atoms with Crippen LogP contribution in [0.2, 0.25) is 5.02 Å². The fourth-order valence-electron chi connectivity index (χ4n) is 2.36. The van der Waals surface area contributed by atoms with Crippen LogP contribution >= 0.6 is 11.6 Å². The van der Waals surface area contributed by atoms with Crippen molar-refractivity contribution in [3.63, 3.8) is 0 Å². The van der Waals surface area contributed by atoms with Crippen molar-refractivity contribution in [3.05, 3.63) is 58.6 Å². The predicted molar refractivity (Wildman–Crippen MR) is 99.2 cm³/mol. The lowest BCUT2D eigenvalue weighted by Crippen LogP contribution is -2.39. The third kappa shape index (κ3) is 5.39. The number of carbonyl (C=O) groups is 2. The maximum atomic E-state index is 11.4. The first-order valence-corrected chi connectivity index (χ1v) is 8.37. The molecule has 2 rings (SSSR count). The van der Waals surface area contributed by atoms with Crippen LogP contribution in [0.1, 0.15) is 31.1 Å². The Balaban J connectivity index is 2.21. The lowest BCUT2D eigenvalue weighted by Gasteiger charge is -2.20. The summed E-state index contributed by atoms with van der Waals surface area (Å²) >= 11 is 6.14. The monoisotopic (exact) mass is 376 g/mol. The predicted octanol–water partition coefficient (Wildman–Crippen LogP) is 3.20. The van der Waals surface area contributed by atoms with E-state index in [-0.39, 0.29) is 18.4 Å². The molecule has 0 saturated carbocycles. The molecule has 2 aromatic carbocycles. The van der Waals surface area contributed by atoms with Gasteiger partial charge in [0, 0.05) is 24.4 Å². The average molecular weight is 377 g/mol. The van der Waals surface area contributed by atoms with Crippen molar-refractivity contribution in [3.8, 4) is 11.5 Å². The van der Waals surface area contributed by atoms with E-state index < -0.39 is 6.17 Å². The molecule has 0 fully saturated rings. The van der Waals surface area contributed by atoms with Crippen molar-refractivity contribution < 1.29 is 19.1 Å². The second-order valence-electron chi connectivity index (χ2n) is 5.62. The third-order valence-corrected chi connectivity index (χ3v) is 3.93. The highest BCUT2D eigenvalue weighted by molar-refractivity contribution is 6.31. The highest BCUT2D eigenvalue weighted by Crippen LogP contribution is 2.31. The first-order valence-electron chi connectivity index (χ1n) is 7.99. The average Bonchev–Trinajstić information content (AvgIpc) is 2.59. The van der Waals surface area contributed by atoms with E-state index in [1.165, 1.54) is 21.0 Å². The number of benzene rings is 2. The molecule has 0 unspecified atom stereocenters. The molecule has 0 aliphatic heterocycles. The molecule has 26 heavy (non-hydrogen) atoms. The molecular weight excluding hydrogens is 356 g/mol. The first-order chi connectivity index (χ1) is 12.4. The minimum Gasteiger partial charge on any atom is -0.493 e. The topological polar surface area (TPSA) is 76.7 Å². The number of carbonyl (C=O) groups excluding carboxylic acids is 2. The van der Waals surface area contributed by atoms with E-state index in [0.717, 1.165) is 5.56 Å². The molecule has 7 heteroatoms. The van der Waals surface area contributed by atoms with Gasteiger partial charge in [-0.15, -0.1) is 0 Å². The van der Waals surface area contributed by atoms with Gasteiger partial charge in [-0.25, -0.2) is 0 Å². The molecule has 0 aliphatic rings. The standard InChI is InChI=1S/C19H21ClN2O4/c1-12(23)21-19(22-13(2)24)14-8-9-17(18(10-14)25-3)26-11-15-6-4-5-7-16(15)20/h4-10,19H,11H2,1-3H3,(H,21,23)(H,22,24). The molecule has 0 radical (unpaired) electrons. The van der Waals surface area contributed by atoms with Gasteiger partial charge in [0.25, 0.3) is 0 Å². The Labute approximate surface area is 157 Å². The van der Waals surface area contributed by atoms with Gasteiger partial charge in [-0.1, -0.05) is 35.9 Å². The summed E-state index contributed by atoms with van der Waals surface area (Å²) in [6.07, 6.45) is -0.656. The van der Waals surface area contributed by atoms with E-state index in [0.29, 0.717) is 22.1 Å². The van der Waals surface area contributed by atoms with Crippen LogP contribution < -0.4 is 20.1 Å². The van der Waals surface area contributed by atoms with E-state index >= 15 is 0 Å². The summed E-state index contributed by atoms with van der Waals surface area (Å²) in [5.74, 6) is 0.486. The van der Waals surface area contributed by atoms with Gasteiger partial charge in [-0.05, 0) is 23.8 Å². The fourth-order valence-corrected chi connectivity index (χ4v) is 2.55. The summed E-state index contributed by atoms with van der Waals surface area (Å²) in [6, 6.07) is 12.6. The molecule has 0 atom stereocenters. The number of hydrogen-bond donors (Lipinski definition) is 2. The first kappa shape index (κ1) is 19.6. The molecule has 2 amide bonds. The summed E-state index contributed by atoms with van der Waals surface area (Å²) in [7, 11) is 1.52.